The van der Waals surface area contributed by atoms with E-state index in [1.54, 1.807) is 0 Å². The van der Waals surface area contributed by atoms with Gasteiger partial charge in [-0.2, -0.15) is 0 Å². The first-order valence-corrected chi connectivity index (χ1v) is 5.01. The molecule has 1 nitrogen and oxygen atoms in total. The molecule has 0 aromatic heterocycles. The van der Waals surface area contributed by atoms with Crippen LogP contribution in [0.2, 0.25) is 0 Å². The lowest BCUT2D eigenvalue weighted by Crippen LogP contribution is -2.36. The molecule has 1 heteroatoms. The Morgan fingerprint density at radius 3 is 2.55 bits per heavy atom. The van der Waals surface area contributed by atoms with Gasteiger partial charge in [-0.1, -0.05) is 33.1 Å². The predicted octanol–water partition coefficient (Wildman–Crippen LogP) is 2.55. The van der Waals surface area contributed by atoms with E-state index in [9.17, 15) is 0 Å². The van der Waals surface area contributed by atoms with E-state index in [1.165, 1.54) is 32.1 Å². The van der Waals surface area contributed by atoms with Gasteiger partial charge in [0.15, 0.2) is 0 Å². The molecule has 1 unspecified atom stereocenters. The van der Waals surface area contributed by atoms with E-state index in [2.05, 4.69) is 13.8 Å². The molecule has 0 aromatic rings. The first kappa shape index (κ1) is 9.05. The van der Waals surface area contributed by atoms with Gasteiger partial charge >= 0.3 is 0 Å². The fourth-order valence-corrected chi connectivity index (χ4v) is 2.20. The van der Waals surface area contributed by atoms with Crippen molar-refractivity contribution in [3.63, 3.8) is 0 Å². The van der Waals surface area contributed by atoms with Crippen molar-refractivity contribution in [2.45, 2.75) is 52.0 Å². The Bertz CT molecular complexity index is 107. The van der Waals surface area contributed by atoms with Crippen LogP contribution in [-0.4, -0.2) is 6.04 Å². The Morgan fingerprint density at radius 2 is 2.00 bits per heavy atom. The van der Waals surface area contributed by atoms with Crippen LogP contribution in [0.25, 0.3) is 0 Å². The summed E-state index contributed by atoms with van der Waals surface area (Å²) < 4.78 is 0. The molecule has 0 amide bonds. The van der Waals surface area contributed by atoms with Gasteiger partial charge in [-0.3, -0.25) is 0 Å². The van der Waals surface area contributed by atoms with E-state index in [-0.39, 0.29) is 0 Å². The molecule has 1 aliphatic rings. The van der Waals surface area contributed by atoms with Gasteiger partial charge in [0.05, 0.1) is 0 Å². The highest BCUT2D eigenvalue weighted by molar-refractivity contribution is 4.80. The minimum absolute atomic E-state index is 0.499. The lowest BCUT2D eigenvalue weighted by molar-refractivity contribution is 0.223. The third-order valence-electron chi connectivity index (χ3n) is 3.25. The third-order valence-corrected chi connectivity index (χ3v) is 3.25. The second-order valence-electron chi connectivity index (χ2n) is 4.00. The average Bonchev–Trinajstić information content (AvgIpc) is 2.04. The molecule has 0 spiro atoms. The number of hydrogen-bond acceptors (Lipinski definition) is 1. The molecule has 1 aliphatic carbocycles. The first-order chi connectivity index (χ1) is 5.25. The summed E-state index contributed by atoms with van der Waals surface area (Å²) in [6.07, 6.45) is 6.68. The van der Waals surface area contributed by atoms with Crippen LogP contribution in [0, 0.1) is 11.8 Å². The van der Waals surface area contributed by atoms with E-state index in [4.69, 9.17) is 5.73 Å². The SMILES string of the molecule is CCC(C)[C@@H]1CCCC[C@H]1N. The summed E-state index contributed by atoms with van der Waals surface area (Å²) in [5.74, 6) is 1.65. The Labute approximate surface area is 70.4 Å². The van der Waals surface area contributed by atoms with Gasteiger partial charge in [0.1, 0.15) is 0 Å². The van der Waals surface area contributed by atoms with Crippen LogP contribution in [0.3, 0.4) is 0 Å². The minimum Gasteiger partial charge on any atom is -0.327 e. The number of rotatable bonds is 2. The molecule has 3 atom stereocenters. The van der Waals surface area contributed by atoms with Crippen molar-refractivity contribution in [1.82, 2.24) is 0 Å². The summed E-state index contributed by atoms with van der Waals surface area (Å²) in [6.45, 7) is 4.61. The molecule has 11 heavy (non-hydrogen) atoms. The molecular formula is C10H21N. The summed E-state index contributed by atoms with van der Waals surface area (Å²) in [7, 11) is 0. The van der Waals surface area contributed by atoms with Crippen LogP contribution in [0.4, 0.5) is 0 Å². The maximum atomic E-state index is 6.06. The lowest BCUT2D eigenvalue weighted by Gasteiger charge is -2.32. The molecule has 1 fully saturated rings. The van der Waals surface area contributed by atoms with Gasteiger partial charge < -0.3 is 5.73 Å². The third kappa shape index (κ3) is 2.19. The van der Waals surface area contributed by atoms with Crippen LogP contribution in [0.1, 0.15) is 46.0 Å². The highest BCUT2D eigenvalue weighted by Crippen LogP contribution is 2.30. The minimum atomic E-state index is 0.499. The van der Waals surface area contributed by atoms with Crippen molar-refractivity contribution < 1.29 is 0 Å². The zero-order valence-corrected chi connectivity index (χ0v) is 7.84. The first-order valence-electron chi connectivity index (χ1n) is 5.01. The van der Waals surface area contributed by atoms with E-state index < -0.39 is 0 Å². The fraction of sp³-hybridized carbons (Fsp3) is 1.00. The maximum Gasteiger partial charge on any atom is 0.00697 e. The topological polar surface area (TPSA) is 26.0 Å². The van der Waals surface area contributed by atoms with Gasteiger partial charge in [-0.15, -0.1) is 0 Å². The van der Waals surface area contributed by atoms with Crippen LogP contribution in [-0.2, 0) is 0 Å². The summed E-state index contributed by atoms with van der Waals surface area (Å²) in [6, 6.07) is 0.499. The highest BCUT2D eigenvalue weighted by atomic mass is 14.7. The molecule has 0 aliphatic heterocycles. The van der Waals surface area contributed by atoms with Gasteiger partial charge in [0.2, 0.25) is 0 Å². The van der Waals surface area contributed by atoms with Crippen LogP contribution in [0.15, 0.2) is 0 Å². The van der Waals surface area contributed by atoms with Gasteiger partial charge in [-0.25, -0.2) is 0 Å². The monoisotopic (exact) mass is 155 g/mol. The molecule has 66 valence electrons. The van der Waals surface area contributed by atoms with Crippen molar-refractivity contribution in [2.75, 3.05) is 0 Å². The van der Waals surface area contributed by atoms with Crippen molar-refractivity contribution in [3.8, 4) is 0 Å². The molecule has 1 rings (SSSR count). The lowest BCUT2D eigenvalue weighted by atomic mass is 9.77. The Kier molecular flexibility index (Phi) is 3.38. The molecule has 1 saturated carbocycles. The van der Waals surface area contributed by atoms with E-state index in [0.29, 0.717) is 6.04 Å². The largest absolute Gasteiger partial charge is 0.327 e. The Balaban J connectivity index is 2.40. The highest BCUT2D eigenvalue weighted by Gasteiger charge is 2.25. The number of hydrogen-bond donors (Lipinski definition) is 1. The van der Waals surface area contributed by atoms with Crippen molar-refractivity contribution in [1.29, 1.82) is 0 Å². The van der Waals surface area contributed by atoms with E-state index in [0.717, 1.165) is 11.8 Å². The van der Waals surface area contributed by atoms with Crippen molar-refractivity contribution in [2.24, 2.45) is 17.6 Å². The fourth-order valence-electron chi connectivity index (χ4n) is 2.20. The predicted molar refractivity (Wildman–Crippen MR) is 49.4 cm³/mol. The Morgan fingerprint density at radius 1 is 1.36 bits per heavy atom. The second kappa shape index (κ2) is 4.10. The molecule has 0 saturated heterocycles. The normalized spacial score (nSPS) is 35.2. The number of nitrogens with two attached hydrogens (primary N) is 1. The van der Waals surface area contributed by atoms with Gasteiger partial charge in [0, 0.05) is 6.04 Å². The molecule has 0 radical (unpaired) electrons. The summed E-state index contributed by atoms with van der Waals surface area (Å²) >= 11 is 0. The zero-order valence-electron chi connectivity index (χ0n) is 7.84. The smallest absolute Gasteiger partial charge is 0.00697 e. The molecule has 0 aromatic carbocycles. The molecule has 0 bridgehead atoms. The van der Waals surface area contributed by atoms with Gasteiger partial charge in [0.25, 0.3) is 0 Å². The van der Waals surface area contributed by atoms with Gasteiger partial charge in [-0.05, 0) is 24.7 Å². The van der Waals surface area contributed by atoms with Crippen LogP contribution in [0.5, 0.6) is 0 Å². The molecular weight excluding hydrogens is 134 g/mol. The van der Waals surface area contributed by atoms with Crippen LogP contribution < -0.4 is 5.73 Å². The summed E-state index contributed by atoms with van der Waals surface area (Å²) in [4.78, 5) is 0. The standard InChI is InChI=1S/C10H21N/c1-3-8(2)9-6-4-5-7-10(9)11/h8-10H,3-7,11H2,1-2H3/t8?,9-,10+/m0/s1. The van der Waals surface area contributed by atoms with Crippen molar-refractivity contribution in [3.05, 3.63) is 0 Å². The van der Waals surface area contributed by atoms with Crippen LogP contribution >= 0.6 is 0 Å². The zero-order chi connectivity index (χ0) is 8.27. The maximum absolute atomic E-state index is 6.06. The average molecular weight is 155 g/mol. The van der Waals surface area contributed by atoms with E-state index >= 15 is 0 Å². The second-order valence-corrected chi connectivity index (χ2v) is 4.00. The quantitative estimate of drug-likeness (QED) is 0.651. The van der Waals surface area contributed by atoms with E-state index in [1.807, 2.05) is 0 Å². The van der Waals surface area contributed by atoms with Crippen molar-refractivity contribution >= 4 is 0 Å². The summed E-state index contributed by atoms with van der Waals surface area (Å²) in [5.41, 5.74) is 6.06. The summed E-state index contributed by atoms with van der Waals surface area (Å²) in [5, 5.41) is 0. The molecule has 2 N–H and O–H groups in total. The molecule has 0 heterocycles. The Hall–Kier alpha value is -0.0400.